The summed E-state index contributed by atoms with van der Waals surface area (Å²) in [5.74, 6) is -0.165. The highest BCUT2D eigenvalue weighted by Crippen LogP contribution is 2.20. The Balaban J connectivity index is 1.93. The zero-order valence-corrected chi connectivity index (χ0v) is 16.5. The van der Waals surface area contributed by atoms with Crippen LogP contribution in [0.25, 0.3) is 46.4 Å². The molecule has 0 saturated carbocycles. The van der Waals surface area contributed by atoms with Crippen LogP contribution in [0, 0.1) is 0 Å². The summed E-state index contributed by atoms with van der Waals surface area (Å²) >= 11 is 0. The number of fused-ring (bicyclic) bond motifs is 8. The highest BCUT2D eigenvalue weighted by atomic mass is 16.2. The molecule has 3 aromatic rings. The molecule has 0 fully saturated rings. The molecule has 5 rings (SSSR count). The van der Waals surface area contributed by atoms with Gasteiger partial charge in [-0.25, -0.2) is 9.97 Å². The fraction of sp³-hybridized carbons (Fsp3) is 0.0833. The van der Waals surface area contributed by atoms with Gasteiger partial charge >= 0.3 is 0 Å². The summed E-state index contributed by atoms with van der Waals surface area (Å²) in [7, 11) is 0. The predicted octanol–water partition coefficient (Wildman–Crippen LogP) is 4.92. The van der Waals surface area contributed by atoms with Gasteiger partial charge in [-0.05, 0) is 72.8 Å². The first kappa shape index (κ1) is 18.0. The lowest BCUT2D eigenvalue weighted by Crippen LogP contribution is -2.04. The van der Waals surface area contributed by atoms with Crippen molar-refractivity contribution in [3.05, 3.63) is 71.3 Å². The summed E-state index contributed by atoms with van der Waals surface area (Å²) in [6.07, 6.45) is 7.57. The van der Waals surface area contributed by atoms with Gasteiger partial charge in [-0.1, -0.05) is 0 Å². The van der Waals surface area contributed by atoms with E-state index in [1.807, 2.05) is 72.8 Å². The molecule has 6 heteroatoms. The van der Waals surface area contributed by atoms with Crippen molar-refractivity contribution in [2.45, 2.75) is 13.8 Å². The smallest absolute Gasteiger partial charge is 0.228 e. The molecule has 5 heterocycles. The van der Waals surface area contributed by atoms with E-state index in [1.165, 1.54) is 13.8 Å². The van der Waals surface area contributed by atoms with Gasteiger partial charge in [0.25, 0.3) is 0 Å². The summed E-state index contributed by atoms with van der Waals surface area (Å²) in [6.45, 7) is 3.07. The quantitative estimate of drug-likeness (QED) is 0.374. The Morgan fingerprint density at radius 1 is 0.567 bits per heavy atom. The van der Waals surface area contributed by atoms with Crippen LogP contribution in [0.15, 0.2) is 48.5 Å². The number of hydrogen-bond donors (Lipinski definition) is 0. The molecule has 0 amide bonds. The summed E-state index contributed by atoms with van der Waals surface area (Å²) < 4.78 is 3.29. The zero-order chi connectivity index (χ0) is 20.8. The van der Waals surface area contributed by atoms with Crippen molar-refractivity contribution in [1.29, 1.82) is 0 Å². The fourth-order valence-corrected chi connectivity index (χ4v) is 3.83. The summed E-state index contributed by atoms with van der Waals surface area (Å²) in [5, 5.41) is 0. The van der Waals surface area contributed by atoms with Gasteiger partial charge in [0, 0.05) is 13.8 Å². The second-order valence-electron chi connectivity index (χ2n) is 7.24. The molecule has 0 spiro atoms. The third-order valence-electron chi connectivity index (χ3n) is 5.06. The first-order chi connectivity index (χ1) is 14.5. The fourth-order valence-electron chi connectivity index (χ4n) is 3.83. The van der Waals surface area contributed by atoms with Gasteiger partial charge in [0.2, 0.25) is 11.8 Å². The lowest BCUT2D eigenvalue weighted by molar-refractivity contribution is 0.0937. The second kappa shape index (κ2) is 6.77. The minimum Gasteiger partial charge on any atom is -0.281 e. The summed E-state index contributed by atoms with van der Waals surface area (Å²) in [6, 6.07) is 15.1. The van der Waals surface area contributed by atoms with E-state index >= 15 is 0 Å². The standard InChI is InChI=1S/C24H18N4O2/c1-15(29)27-21-7-8-22(27)12-18-4-6-20(26-18)14-24-10-9-23(28(24)16(2)30)13-19-5-3-17(11-21)25-19/h3-14H,1-2H3. The van der Waals surface area contributed by atoms with Gasteiger partial charge in [0.05, 0.1) is 44.8 Å². The monoisotopic (exact) mass is 394 g/mol. The van der Waals surface area contributed by atoms with Crippen LogP contribution in [0.5, 0.6) is 0 Å². The number of carbonyl (C=O) groups excluding carboxylic acids is 2. The lowest BCUT2D eigenvalue weighted by Gasteiger charge is -2.00. The highest BCUT2D eigenvalue weighted by molar-refractivity contribution is 5.91. The van der Waals surface area contributed by atoms with Gasteiger partial charge in [0.1, 0.15) is 0 Å². The molecule has 0 atom stereocenters. The molecule has 8 bridgehead atoms. The average Bonchev–Trinajstić information content (AvgIpc) is 3.45. The maximum atomic E-state index is 12.3. The molecular weight excluding hydrogens is 376 g/mol. The van der Waals surface area contributed by atoms with E-state index in [1.54, 1.807) is 9.13 Å². The van der Waals surface area contributed by atoms with Gasteiger partial charge in [-0.3, -0.25) is 18.7 Å². The van der Waals surface area contributed by atoms with Crippen LogP contribution in [0.3, 0.4) is 0 Å². The molecule has 0 aliphatic carbocycles. The van der Waals surface area contributed by atoms with Gasteiger partial charge < -0.3 is 0 Å². The van der Waals surface area contributed by atoms with Crippen LogP contribution in [0.4, 0.5) is 0 Å². The van der Waals surface area contributed by atoms with Crippen molar-refractivity contribution in [2.24, 2.45) is 0 Å². The van der Waals surface area contributed by atoms with E-state index in [0.717, 1.165) is 44.8 Å². The minimum absolute atomic E-state index is 0.0826. The molecule has 6 nitrogen and oxygen atoms in total. The highest BCUT2D eigenvalue weighted by Gasteiger charge is 2.09. The maximum Gasteiger partial charge on any atom is 0.228 e. The Morgan fingerprint density at radius 3 is 1.07 bits per heavy atom. The van der Waals surface area contributed by atoms with Crippen LogP contribution < -0.4 is 0 Å². The van der Waals surface area contributed by atoms with E-state index in [-0.39, 0.29) is 11.8 Å². The van der Waals surface area contributed by atoms with Crippen LogP contribution in [0.1, 0.15) is 46.2 Å². The third kappa shape index (κ3) is 3.08. The Kier molecular flexibility index (Phi) is 4.06. The predicted molar refractivity (Wildman–Crippen MR) is 119 cm³/mol. The average molecular weight is 394 g/mol. The molecule has 30 heavy (non-hydrogen) atoms. The maximum absolute atomic E-state index is 12.3. The zero-order valence-electron chi connectivity index (χ0n) is 16.5. The lowest BCUT2D eigenvalue weighted by atomic mass is 10.3. The van der Waals surface area contributed by atoms with Crippen molar-refractivity contribution in [2.75, 3.05) is 0 Å². The van der Waals surface area contributed by atoms with E-state index < -0.39 is 0 Å². The van der Waals surface area contributed by atoms with Crippen molar-refractivity contribution in [3.63, 3.8) is 0 Å². The Labute approximate surface area is 172 Å². The summed E-state index contributed by atoms with van der Waals surface area (Å²) in [5.41, 5.74) is 5.95. The third-order valence-corrected chi connectivity index (χ3v) is 5.06. The van der Waals surface area contributed by atoms with E-state index in [0.29, 0.717) is 0 Å². The molecule has 0 unspecified atom stereocenters. The molecule has 0 saturated heterocycles. The number of aromatic nitrogens is 4. The molecule has 3 aromatic heterocycles. The topological polar surface area (TPSA) is 69.8 Å². The number of hydrogen-bond acceptors (Lipinski definition) is 4. The molecule has 0 N–H and O–H groups in total. The van der Waals surface area contributed by atoms with Gasteiger partial charge in [0.15, 0.2) is 0 Å². The minimum atomic E-state index is -0.0826. The van der Waals surface area contributed by atoms with Gasteiger partial charge in [-0.2, -0.15) is 0 Å². The van der Waals surface area contributed by atoms with E-state index in [4.69, 9.17) is 0 Å². The summed E-state index contributed by atoms with van der Waals surface area (Å²) in [4.78, 5) is 33.9. The molecule has 0 aromatic carbocycles. The van der Waals surface area contributed by atoms with Crippen LogP contribution in [0.2, 0.25) is 0 Å². The molecular formula is C24H18N4O2. The molecule has 2 aliphatic heterocycles. The number of nitrogens with zero attached hydrogens (tertiary/aromatic N) is 4. The van der Waals surface area contributed by atoms with Crippen LogP contribution >= 0.6 is 0 Å². The van der Waals surface area contributed by atoms with Crippen molar-refractivity contribution in [3.8, 4) is 0 Å². The SMILES string of the molecule is CC(=O)n1c2ccc1cc1nc(cc3ccc(cc4nc(c2)C=C4)n3C(C)=O)C=C1. The normalized spacial score (nSPS) is 12.3. The van der Waals surface area contributed by atoms with E-state index in [9.17, 15) is 9.59 Å². The van der Waals surface area contributed by atoms with E-state index in [2.05, 4.69) is 9.97 Å². The van der Waals surface area contributed by atoms with Crippen LogP contribution in [-0.2, 0) is 0 Å². The molecule has 146 valence electrons. The van der Waals surface area contributed by atoms with Crippen molar-refractivity contribution < 1.29 is 9.59 Å². The van der Waals surface area contributed by atoms with Crippen molar-refractivity contribution >= 4 is 58.2 Å². The molecule has 0 radical (unpaired) electrons. The van der Waals surface area contributed by atoms with Gasteiger partial charge in [-0.15, -0.1) is 0 Å². The first-order valence-electron chi connectivity index (χ1n) is 9.60. The largest absolute Gasteiger partial charge is 0.281 e. The Hall–Kier alpha value is -4.06. The first-order valence-corrected chi connectivity index (χ1v) is 9.60. The number of carbonyl (C=O) groups is 2. The number of rotatable bonds is 0. The van der Waals surface area contributed by atoms with Crippen LogP contribution in [-0.4, -0.2) is 30.9 Å². The second-order valence-corrected chi connectivity index (χ2v) is 7.24. The Morgan fingerprint density at radius 2 is 0.833 bits per heavy atom. The van der Waals surface area contributed by atoms with Crippen molar-refractivity contribution in [1.82, 2.24) is 19.1 Å². The molecule has 2 aliphatic rings. The Bertz CT molecular complexity index is 1250.